The molecule has 0 bridgehead atoms. The molecule has 1 rings (SSSR count). The molecule has 0 fully saturated rings. The fourth-order valence-corrected chi connectivity index (χ4v) is 1.19. The van der Waals surface area contributed by atoms with Crippen LogP contribution in [-0.2, 0) is 4.79 Å². The monoisotopic (exact) mass is 202 g/mol. The van der Waals surface area contributed by atoms with Gasteiger partial charge in [0.2, 0.25) is 5.78 Å². The third kappa shape index (κ3) is 2.61. The van der Waals surface area contributed by atoms with Crippen LogP contribution in [0.25, 0.3) is 5.53 Å². The van der Waals surface area contributed by atoms with Gasteiger partial charge in [-0.05, 0) is 12.1 Å². The molecule has 0 aliphatic carbocycles. The summed E-state index contributed by atoms with van der Waals surface area (Å²) in [6.07, 6.45) is 0. The van der Waals surface area contributed by atoms with Gasteiger partial charge in [0.1, 0.15) is 0 Å². The van der Waals surface area contributed by atoms with E-state index in [2.05, 4.69) is 4.79 Å². The molecule has 1 aromatic carbocycles. The first-order valence-electron chi connectivity index (χ1n) is 4.79. The Bertz CT molecular complexity index is 409. The van der Waals surface area contributed by atoms with Crippen LogP contribution in [0.2, 0.25) is 0 Å². The van der Waals surface area contributed by atoms with Crippen LogP contribution in [0.3, 0.4) is 0 Å². The van der Waals surface area contributed by atoms with Crippen molar-refractivity contribution in [2.75, 3.05) is 0 Å². The Morgan fingerprint density at radius 3 is 2.13 bits per heavy atom. The van der Waals surface area contributed by atoms with E-state index in [1.165, 1.54) is 0 Å². The van der Waals surface area contributed by atoms with Crippen LogP contribution in [0, 0.1) is 5.41 Å². The maximum Gasteiger partial charge on any atom is 0.365 e. The third-order valence-corrected chi connectivity index (χ3v) is 2.04. The second kappa shape index (κ2) is 4.20. The van der Waals surface area contributed by atoms with Crippen molar-refractivity contribution in [1.82, 2.24) is 0 Å². The molecule has 3 nitrogen and oxygen atoms in total. The average molecular weight is 202 g/mol. The second-order valence-corrected chi connectivity index (χ2v) is 4.39. The molecule has 0 aliphatic rings. The Morgan fingerprint density at radius 2 is 1.73 bits per heavy atom. The lowest BCUT2D eigenvalue weighted by Gasteiger charge is -2.12. The SMILES string of the molecule is CC(C)(C)C(=O)C(=[N+]=[N-])c1ccccc1. The lowest BCUT2D eigenvalue weighted by Crippen LogP contribution is -2.30. The van der Waals surface area contributed by atoms with Gasteiger partial charge in [0.25, 0.3) is 0 Å². The molecule has 0 heterocycles. The molecule has 15 heavy (non-hydrogen) atoms. The molecule has 0 N–H and O–H groups in total. The van der Waals surface area contributed by atoms with Gasteiger partial charge in [0.15, 0.2) is 0 Å². The highest BCUT2D eigenvalue weighted by Crippen LogP contribution is 2.17. The van der Waals surface area contributed by atoms with Gasteiger partial charge < -0.3 is 5.53 Å². The Morgan fingerprint density at radius 1 is 1.20 bits per heavy atom. The molecule has 0 aromatic heterocycles. The second-order valence-electron chi connectivity index (χ2n) is 4.39. The van der Waals surface area contributed by atoms with Crippen LogP contribution in [0.4, 0.5) is 0 Å². The summed E-state index contributed by atoms with van der Waals surface area (Å²) in [4.78, 5) is 15.0. The van der Waals surface area contributed by atoms with Gasteiger partial charge >= 0.3 is 5.71 Å². The summed E-state index contributed by atoms with van der Waals surface area (Å²) in [5.74, 6) is -0.170. The maximum atomic E-state index is 11.9. The molecule has 3 heteroatoms. The van der Waals surface area contributed by atoms with Gasteiger partial charge in [-0.1, -0.05) is 39.0 Å². The molecule has 0 spiro atoms. The van der Waals surface area contributed by atoms with Crippen molar-refractivity contribution < 1.29 is 9.58 Å². The molecule has 0 saturated heterocycles. The van der Waals surface area contributed by atoms with Crippen molar-refractivity contribution in [1.29, 1.82) is 0 Å². The highest BCUT2D eigenvalue weighted by atomic mass is 16.1. The van der Waals surface area contributed by atoms with Crippen molar-refractivity contribution in [3.63, 3.8) is 0 Å². The van der Waals surface area contributed by atoms with Crippen molar-refractivity contribution in [3.05, 3.63) is 41.4 Å². The average Bonchev–Trinajstić information content (AvgIpc) is 2.19. The molecule has 0 atom stereocenters. The molecule has 1 aromatic rings. The van der Waals surface area contributed by atoms with Crippen molar-refractivity contribution in [2.45, 2.75) is 20.8 Å². The van der Waals surface area contributed by atoms with Gasteiger partial charge in [-0.3, -0.25) is 4.79 Å². The number of carbonyl (C=O) groups is 1. The van der Waals surface area contributed by atoms with Crippen LogP contribution in [0.15, 0.2) is 30.3 Å². The van der Waals surface area contributed by atoms with E-state index in [1.807, 2.05) is 6.07 Å². The number of nitrogens with zero attached hydrogens (tertiary/aromatic N) is 2. The van der Waals surface area contributed by atoms with E-state index >= 15 is 0 Å². The van der Waals surface area contributed by atoms with Crippen molar-refractivity contribution in [3.8, 4) is 0 Å². The van der Waals surface area contributed by atoms with Gasteiger partial charge in [-0.15, -0.1) is 0 Å². The first kappa shape index (κ1) is 11.3. The fourth-order valence-electron chi connectivity index (χ4n) is 1.19. The molecule has 0 unspecified atom stereocenters. The van der Waals surface area contributed by atoms with Crippen LogP contribution < -0.4 is 0 Å². The predicted molar refractivity (Wildman–Crippen MR) is 58.6 cm³/mol. The molecule has 0 aliphatic heterocycles. The number of carbonyl (C=O) groups excluding carboxylic acids is 1. The molecule has 78 valence electrons. The van der Waals surface area contributed by atoms with Crippen molar-refractivity contribution >= 4 is 11.5 Å². The summed E-state index contributed by atoms with van der Waals surface area (Å²) < 4.78 is 0. The number of Topliss-reactive ketones (excluding diaryl/α,β-unsaturated/α-hetero) is 1. The summed E-state index contributed by atoms with van der Waals surface area (Å²) in [5, 5.41) is 0. The van der Waals surface area contributed by atoms with Crippen LogP contribution in [-0.4, -0.2) is 16.3 Å². The summed E-state index contributed by atoms with van der Waals surface area (Å²) in [7, 11) is 0. The molecular formula is C12H14N2O. The quantitative estimate of drug-likeness (QED) is 0.412. The Balaban J connectivity index is 3.14. The largest absolute Gasteiger partial charge is 0.365 e. The van der Waals surface area contributed by atoms with E-state index in [4.69, 9.17) is 5.53 Å². The molecule has 0 amide bonds. The van der Waals surface area contributed by atoms with E-state index in [0.717, 1.165) is 0 Å². The number of benzene rings is 1. The normalized spacial score (nSPS) is 10.6. The summed E-state index contributed by atoms with van der Waals surface area (Å²) in [5.41, 5.74) is 9.09. The Hall–Kier alpha value is -1.73. The minimum Gasteiger partial charge on any atom is -0.361 e. The van der Waals surface area contributed by atoms with Crippen molar-refractivity contribution in [2.24, 2.45) is 5.41 Å². The number of hydrogen-bond acceptors (Lipinski definition) is 1. The first-order valence-corrected chi connectivity index (χ1v) is 4.79. The number of rotatable bonds is 2. The molecular weight excluding hydrogens is 188 g/mol. The molecule has 0 radical (unpaired) electrons. The zero-order valence-corrected chi connectivity index (χ0v) is 9.19. The highest BCUT2D eigenvalue weighted by molar-refractivity contribution is 6.45. The van der Waals surface area contributed by atoms with Gasteiger partial charge in [-0.25, -0.2) is 0 Å². The predicted octanol–water partition coefficient (Wildman–Crippen LogP) is 2.32. The summed E-state index contributed by atoms with van der Waals surface area (Å²) in [6.45, 7) is 5.39. The summed E-state index contributed by atoms with van der Waals surface area (Å²) >= 11 is 0. The van der Waals surface area contributed by atoms with E-state index in [0.29, 0.717) is 5.56 Å². The van der Waals surface area contributed by atoms with Crippen LogP contribution >= 0.6 is 0 Å². The minimum absolute atomic E-state index is 0.114. The van der Waals surface area contributed by atoms with Gasteiger partial charge in [0, 0.05) is 5.41 Å². The Kier molecular flexibility index (Phi) is 3.17. The van der Waals surface area contributed by atoms with E-state index in [-0.39, 0.29) is 11.5 Å². The zero-order valence-electron chi connectivity index (χ0n) is 9.19. The van der Waals surface area contributed by atoms with E-state index < -0.39 is 5.41 Å². The smallest absolute Gasteiger partial charge is 0.361 e. The lowest BCUT2D eigenvalue weighted by atomic mass is 9.86. The standard InChI is InChI=1S/C12H14N2O/c1-12(2,3)11(15)10(14-13)9-7-5-4-6-8-9/h4-8H,1-3H3. The van der Waals surface area contributed by atoms with Crippen LogP contribution in [0.1, 0.15) is 26.3 Å². The first-order chi connectivity index (χ1) is 6.96. The molecule has 0 saturated carbocycles. The van der Waals surface area contributed by atoms with E-state index in [1.54, 1.807) is 45.0 Å². The number of hydrogen-bond donors (Lipinski definition) is 0. The van der Waals surface area contributed by atoms with Gasteiger partial charge in [-0.2, -0.15) is 4.79 Å². The highest BCUT2D eigenvalue weighted by Gasteiger charge is 2.33. The van der Waals surface area contributed by atoms with E-state index in [9.17, 15) is 4.79 Å². The number of ketones is 1. The fraction of sp³-hybridized carbons (Fsp3) is 0.333. The lowest BCUT2D eigenvalue weighted by molar-refractivity contribution is -0.123. The summed E-state index contributed by atoms with van der Waals surface area (Å²) in [6, 6.07) is 8.95. The zero-order chi connectivity index (χ0) is 11.5. The minimum atomic E-state index is -0.544. The van der Waals surface area contributed by atoms with Crippen LogP contribution in [0.5, 0.6) is 0 Å². The maximum absolute atomic E-state index is 11.9. The third-order valence-electron chi connectivity index (χ3n) is 2.04. The topological polar surface area (TPSA) is 53.5 Å². The Labute approximate surface area is 89.4 Å². The van der Waals surface area contributed by atoms with Gasteiger partial charge in [0.05, 0.1) is 5.56 Å².